The van der Waals surface area contributed by atoms with E-state index in [0.717, 1.165) is 25.7 Å². The van der Waals surface area contributed by atoms with E-state index in [0.29, 0.717) is 0 Å². The van der Waals surface area contributed by atoms with E-state index in [2.05, 4.69) is 13.8 Å². The van der Waals surface area contributed by atoms with Crippen molar-refractivity contribution in [1.29, 1.82) is 0 Å². The summed E-state index contributed by atoms with van der Waals surface area (Å²) in [6.45, 7) is 4.55. The molecule has 0 aromatic rings. The van der Waals surface area contributed by atoms with Gasteiger partial charge in [0.1, 0.15) is 0 Å². The van der Waals surface area contributed by atoms with E-state index in [1.807, 2.05) is 0 Å². The van der Waals surface area contributed by atoms with E-state index >= 15 is 0 Å². The van der Waals surface area contributed by atoms with Crippen molar-refractivity contribution in [2.75, 3.05) is 0 Å². The number of aliphatic carboxylic acids is 2. The Labute approximate surface area is 299 Å². The van der Waals surface area contributed by atoms with E-state index in [4.69, 9.17) is 0 Å². The molecule has 4 nitrogen and oxygen atoms in total. The fourth-order valence-corrected chi connectivity index (χ4v) is 5.99. The Morgan fingerprint density at radius 3 is 0.556 bits per heavy atom. The second-order valence-corrected chi connectivity index (χ2v) is 13.6. The Morgan fingerprint density at radius 2 is 0.422 bits per heavy atom. The van der Waals surface area contributed by atoms with Gasteiger partial charge < -0.3 is 19.8 Å². The summed E-state index contributed by atoms with van der Waals surface area (Å²) < 4.78 is 0. The molecular weight excluding hydrogens is 663 g/mol. The first kappa shape index (κ1) is 49.1. The minimum atomic E-state index is -0.902. The molecule has 0 radical (unpaired) electrons. The van der Waals surface area contributed by atoms with Crippen LogP contribution in [0.15, 0.2) is 0 Å². The fourth-order valence-electron chi connectivity index (χ4n) is 5.99. The van der Waals surface area contributed by atoms with Crippen molar-refractivity contribution in [2.45, 2.75) is 245 Å². The van der Waals surface area contributed by atoms with Crippen molar-refractivity contribution in [1.82, 2.24) is 0 Å². The Kier molecular flexibility index (Phi) is 50.1. The summed E-state index contributed by atoms with van der Waals surface area (Å²) in [5, 5.41) is 20.5. The van der Waals surface area contributed by atoms with Gasteiger partial charge in [-0.3, -0.25) is 0 Å². The molecule has 0 amide bonds. The van der Waals surface area contributed by atoms with Crippen molar-refractivity contribution in [3.8, 4) is 0 Å². The fraction of sp³-hybridized carbons (Fsp3) is 0.950. The summed E-state index contributed by atoms with van der Waals surface area (Å²) in [6.07, 6.45) is 45.6. The molecule has 268 valence electrons. The number of hydrogen-bond acceptors (Lipinski definition) is 4. The van der Waals surface area contributed by atoms with Crippen LogP contribution < -0.4 is 10.2 Å². The molecule has 0 saturated carbocycles. The van der Waals surface area contributed by atoms with Crippen LogP contribution in [0.1, 0.15) is 245 Å². The van der Waals surface area contributed by atoms with Gasteiger partial charge in [-0.05, 0) is 25.7 Å². The number of unbranched alkanes of at least 4 members (excludes halogenated alkanes) is 32. The first-order valence-electron chi connectivity index (χ1n) is 19.9. The standard InChI is InChI=1S/2C20H40O2.Sn.2H/c2*1-2-3-4-5-6-7-8-9-10-11-12-13-14-15-16-17-18-19-20(21)22;;;/h2*2-19H2,1H3,(H,21,22);;;/q;;+2;;/p-2. The van der Waals surface area contributed by atoms with E-state index in [-0.39, 0.29) is 36.7 Å². The SMILES string of the molecule is CCCCCCCCCCCCCCCCCCCC(=O)[O-].CCCCCCCCCCCCCCCCCCCC(=O)[O-].[SnH2+2]. The van der Waals surface area contributed by atoms with Crippen molar-refractivity contribution in [3.05, 3.63) is 0 Å². The number of carbonyl (C=O) groups excluding carboxylic acids is 2. The number of carboxylic acids is 2. The van der Waals surface area contributed by atoms with Crippen LogP contribution in [0.25, 0.3) is 0 Å². The molecule has 5 heteroatoms. The number of hydrogen-bond donors (Lipinski definition) is 0. The second kappa shape index (κ2) is 45.9. The van der Waals surface area contributed by atoms with Crippen molar-refractivity contribution < 1.29 is 19.8 Å². The van der Waals surface area contributed by atoms with Gasteiger partial charge in [-0.2, -0.15) is 0 Å². The molecule has 0 aromatic heterocycles. The molecule has 0 aliphatic carbocycles. The normalized spacial score (nSPS) is 10.7. The quantitative estimate of drug-likeness (QED) is 0.0473. The van der Waals surface area contributed by atoms with Crippen LogP contribution in [-0.4, -0.2) is 35.8 Å². The Balaban J connectivity index is -0.000000767. The zero-order valence-corrected chi connectivity index (χ0v) is 34.8. The molecule has 45 heavy (non-hydrogen) atoms. The summed E-state index contributed by atoms with van der Waals surface area (Å²) in [5.74, 6) is -1.80. The summed E-state index contributed by atoms with van der Waals surface area (Å²) >= 11 is 0. The van der Waals surface area contributed by atoms with Gasteiger partial charge in [-0.15, -0.1) is 0 Å². The predicted molar refractivity (Wildman–Crippen MR) is 196 cm³/mol. The summed E-state index contributed by atoms with van der Waals surface area (Å²) in [7, 11) is 0. The summed E-state index contributed by atoms with van der Waals surface area (Å²) in [4.78, 5) is 20.5. The average Bonchev–Trinajstić information content (AvgIpc) is 3.00. The molecule has 0 saturated heterocycles. The van der Waals surface area contributed by atoms with Gasteiger partial charge in [0.05, 0.1) is 0 Å². The third-order valence-electron chi connectivity index (χ3n) is 8.97. The third-order valence-corrected chi connectivity index (χ3v) is 8.97. The van der Waals surface area contributed by atoms with E-state index in [1.54, 1.807) is 0 Å². The number of carboxylic acid groups (broad SMARTS) is 2. The Morgan fingerprint density at radius 1 is 0.289 bits per heavy atom. The van der Waals surface area contributed by atoms with Gasteiger partial charge in [0.15, 0.2) is 0 Å². The molecule has 0 spiro atoms. The number of rotatable bonds is 36. The summed E-state index contributed by atoms with van der Waals surface area (Å²) in [5.41, 5.74) is 0. The van der Waals surface area contributed by atoms with Gasteiger partial charge in [-0.25, -0.2) is 0 Å². The predicted octanol–water partition coefficient (Wildman–Crippen LogP) is 10.6. The first-order valence-corrected chi connectivity index (χ1v) is 19.9. The van der Waals surface area contributed by atoms with Crippen LogP contribution in [-0.2, 0) is 9.59 Å². The van der Waals surface area contributed by atoms with Crippen LogP contribution in [0, 0.1) is 0 Å². The zero-order valence-electron chi connectivity index (χ0n) is 30.8. The van der Waals surface area contributed by atoms with Crippen molar-refractivity contribution >= 4 is 35.8 Å². The van der Waals surface area contributed by atoms with Crippen molar-refractivity contribution in [3.63, 3.8) is 0 Å². The molecule has 0 N–H and O–H groups in total. The van der Waals surface area contributed by atoms with Crippen LogP contribution in [0.5, 0.6) is 0 Å². The molecule has 0 heterocycles. The molecule has 0 bridgehead atoms. The maximum absolute atomic E-state index is 10.2. The van der Waals surface area contributed by atoms with Gasteiger partial charge in [0, 0.05) is 11.9 Å². The molecular formula is C40H80O4Sn. The van der Waals surface area contributed by atoms with Crippen LogP contribution in [0.3, 0.4) is 0 Å². The molecule has 0 aliphatic rings. The van der Waals surface area contributed by atoms with Crippen LogP contribution >= 0.6 is 0 Å². The number of carbonyl (C=O) groups is 2. The zero-order chi connectivity index (χ0) is 32.6. The maximum atomic E-state index is 10.2. The minimum absolute atomic E-state index is 0. The molecule has 0 rings (SSSR count). The first-order chi connectivity index (χ1) is 21.5. The van der Waals surface area contributed by atoms with Crippen LogP contribution in [0.2, 0.25) is 0 Å². The monoisotopic (exact) mass is 745 g/mol. The van der Waals surface area contributed by atoms with Gasteiger partial charge in [0.2, 0.25) is 0 Å². The molecule has 0 aromatic carbocycles. The second-order valence-electron chi connectivity index (χ2n) is 13.6. The molecule has 0 aliphatic heterocycles. The average molecular weight is 744 g/mol. The van der Waals surface area contributed by atoms with E-state index in [1.165, 1.54) is 193 Å². The molecule has 0 fully saturated rings. The Hall–Kier alpha value is -0.261. The van der Waals surface area contributed by atoms with Crippen molar-refractivity contribution in [2.24, 2.45) is 0 Å². The van der Waals surface area contributed by atoms with Gasteiger partial charge in [0.25, 0.3) is 0 Å². The summed E-state index contributed by atoms with van der Waals surface area (Å²) in [6, 6.07) is 0. The van der Waals surface area contributed by atoms with Gasteiger partial charge in [-0.1, -0.05) is 219 Å². The third kappa shape index (κ3) is 53.5. The van der Waals surface area contributed by atoms with E-state index < -0.39 is 11.9 Å². The molecule has 0 unspecified atom stereocenters. The van der Waals surface area contributed by atoms with Crippen LogP contribution in [0.4, 0.5) is 0 Å². The van der Waals surface area contributed by atoms with E-state index in [9.17, 15) is 19.8 Å². The topological polar surface area (TPSA) is 80.3 Å². The Bertz CT molecular complexity index is 506. The van der Waals surface area contributed by atoms with Gasteiger partial charge >= 0.3 is 23.9 Å². The molecule has 0 atom stereocenters.